The zero-order valence-electron chi connectivity index (χ0n) is 23.4. The molecule has 3 aromatic rings. The van der Waals surface area contributed by atoms with Gasteiger partial charge in [-0.05, 0) is 24.3 Å². The highest BCUT2D eigenvalue weighted by atomic mass is 35.5. The number of aliphatic carboxylic acids is 2. The minimum absolute atomic E-state index is 0.0336. The fourth-order valence-electron chi connectivity index (χ4n) is 3.23. The molecule has 0 aliphatic carbocycles. The van der Waals surface area contributed by atoms with Crippen LogP contribution in [0.25, 0.3) is 0 Å². The lowest BCUT2D eigenvalue weighted by atomic mass is 10.2. The van der Waals surface area contributed by atoms with Gasteiger partial charge in [-0.2, -0.15) is 33.2 Å². The first-order chi connectivity index (χ1) is 21.1. The summed E-state index contributed by atoms with van der Waals surface area (Å²) >= 11 is 11.9. The Morgan fingerprint density at radius 3 is 2.22 bits per heavy atom. The number of carbonyl (C=O) groups is 2. The third-order valence-electron chi connectivity index (χ3n) is 4.99. The largest absolute Gasteiger partial charge is 0.481 e. The van der Waals surface area contributed by atoms with Crippen LogP contribution in [-0.4, -0.2) is 74.5 Å². The Hall–Kier alpha value is -4.81. The summed E-state index contributed by atoms with van der Waals surface area (Å²) in [4.78, 5) is 43.1. The number of carboxylic acid groups (broad SMARTS) is 2. The van der Waals surface area contributed by atoms with Crippen molar-refractivity contribution < 1.29 is 42.6 Å². The molecule has 0 atom stereocenters. The van der Waals surface area contributed by atoms with Gasteiger partial charge in [-0.3, -0.25) is 19.7 Å². The lowest BCUT2D eigenvalue weighted by molar-refractivity contribution is -0.384. The minimum Gasteiger partial charge on any atom is -0.481 e. The summed E-state index contributed by atoms with van der Waals surface area (Å²) in [5.41, 5.74) is 1.72. The molecule has 1 fully saturated rings. The van der Waals surface area contributed by atoms with Crippen molar-refractivity contribution in [2.24, 2.45) is 5.10 Å². The summed E-state index contributed by atoms with van der Waals surface area (Å²) in [6.45, 7) is 4.02. The molecule has 4 N–H and O–H groups in total. The second kappa shape index (κ2) is 16.9. The molecule has 45 heavy (non-hydrogen) atoms. The van der Waals surface area contributed by atoms with E-state index in [1.807, 2.05) is 4.90 Å². The van der Waals surface area contributed by atoms with Crippen molar-refractivity contribution >= 4 is 70.6 Å². The van der Waals surface area contributed by atoms with Crippen molar-refractivity contribution in [3.05, 3.63) is 67.7 Å². The van der Waals surface area contributed by atoms with Gasteiger partial charge in [0, 0.05) is 44.3 Å². The van der Waals surface area contributed by atoms with Gasteiger partial charge in [0.25, 0.3) is 17.6 Å². The summed E-state index contributed by atoms with van der Waals surface area (Å²) in [6, 6.07) is 6.95. The first-order valence-electron chi connectivity index (χ1n) is 12.4. The number of hydrogen-bond acceptors (Lipinski definition) is 12. The van der Waals surface area contributed by atoms with Gasteiger partial charge < -0.3 is 25.2 Å². The molecule has 1 saturated heterocycles. The summed E-state index contributed by atoms with van der Waals surface area (Å²) in [6.07, 6.45) is -3.31. The van der Waals surface area contributed by atoms with Crippen molar-refractivity contribution in [2.75, 3.05) is 41.9 Å². The molecule has 2 heterocycles. The molecule has 0 spiro atoms. The second-order valence-electron chi connectivity index (χ2n) is 8.58. The average Bonchev–Trinajstić information content (AvgIpc) is 2.93. The number of nitrogens with zero attached hydrogens (tertiary/aromatic N) is 6. The summed E-state index contributed by atoms with van der Waals surface area (Å²) in [5, 5.41) is 32.7. The molecule has 0 saturated carbocycles. The predicted octanol–water partition coefficient (Wildman–Crippen LogP) is 5.31. The van der Waals surface area contributed by atoms with Crippen LogP contribution in [-0.2, 0) is 20.5 Å². The quantitative estimate of drug-likeness (QED) is 0.142. The van der Waals surface area contributed by atoms with Crippen LogP contribution in [0.1, 0.15) is 25.0 Å². The Labute approximate surface area is 262 Å². The Morgan fingerprint density at radius 1 is 1.04 bits per heavy atom. The van der Waals surface area contributed by atoms with E-state index < -0.39 is 28.6 Å². The van der Waals surface area contributed by atoms with Crippen LogP contribution in [0.4, 0.5) is 42.4 Å². The van der Waals surface area contributed by atoms with Crippen LogP contribution in [0.2, 0.25) is 10.0 Å². The maximum atomic E-state index is 13.1. The maximum Gasteiger partial charge on any atom is 0.416 e. The number of alkyl halides is 3. The molecule has 1 aliphatic heterocycles. The Morgan fingerprint density at radius 2 is 1.64 bits per heavy atom. The van der Waals surface area contributed by atoms with E-state index in [-0.39, 0.29) is 44.8 Å². The number of ether oxygens (including phenoxy) is 1. The average molecular weight is 677 g/mol. The van der Waals surface area contributed by atoms with Crippen LogP contribution >= 0.6 is 23.2 Å². The molecule has 0 unspecified atom stereocenters. The van der Waals surface area contributed by atoms with Crippen LogP contribution in [0.3, 0.4) is 0 Å². The van der Waals surface area contributed by atoms with E-state index in [0.29, 0.717) is 26.3 Å². The van der Waals surface area contributed by atoms with Crippen LogP contribution < -0.4 is 15.6 Å². The molecule has 1 aliphatic rings. The van der Waals surface area contributed by atoms with E-state index >= 15 is 0 Å². The molecule has 242 valence electrons. The van der Waals surface area contributed by atoms with Crippen LogP contribution in [0, 0.1) is 10.1 Å². The highest BCUT2D eigenvalue weighted by Gasteiger charge is 2.30. The number of hydrazone groups is 1. The van der Waals surface area contributed by atoms with E-state index in [9.17, 15) is 23.3 Å². The molecule has 20 heteroatoms. The minimum atomic E-state index is -4.52. The van der Waals surface area contributed by atoms with E-state index in [1.165, 1.54) is 24.4 Å². The first kappa shape index (κ1) is 36.4. The molecule has 0 bridgehead atoms. The number of nitro benzene ring substituents is 1. The van der Waals surface area contributed by atoms with Gasteiger partial charge in [0.15, 0.2) is 0 Å². The zero-order chi connectivity index (χ0) is 33.7. The van der Waals surface area contributed by atoms with Gasteiger partial charge >= 0.3 is 6.18 Å². The monoisotopic (exact) mass is 676 g/mol. The van der Waals surface area contributed by atoms with Gasteiger partial charge in [-0.25, -0.2) is 5.43 Å². The molecule has 1 aromatic heterocycles. The topological polar surface area (TPSA) is 205 Å². The fraction of sp³-hybridized carbons (Fsp3) is 0.280. The molecule has 0 radical (unpaired) electrons. The number of aromatic nitrogens is 3. The number of benzene rings is 2. The van der Waals surface area contributed by atoms with Gasteiger partial charge in [0.05, 0.1) is 34.9 Å². The predicted molar refractivity (Wildman–Crippen MR) is 159 cm³/mol. The molecule has 0 amide bonds. The van der Waals surface area contributed by atoms with Gasteiger partial charge in [0.1, 0.15) is 5.02 Å². The lowest BCUT2D eigenvalue weighted by Crippen LogP contribution is -2.37. The highest BCUT2D eigenvalue weighted by molar-refractivity contribution is 6.37. The van der Waals surface area contributed by atoms with E-state index in [2.05, 4.69) is 30.8 Å². The Balaban J connectivity index is 0.000000789. The molecular weight excluding hydrogens is 652 g/mol. The standard InChI is InChI=1S/C21H17Cl2F3N8O3.2C2H4O2/c22-15-10-16(23)17(34(35)36)8-12(15)11-27-32-19-29-18(30-20(31-19)33-4-6-37-7-5-33)28-14-3-1-2-13(9-14)21(24,25)26;2*1-2(3)4/h1-3,8-11H,4-7H2,(H2,28,29,30,31,32);2*1H3,(H,3,4). The zero-order valence-corrected chi connectivity index (χ0v) is 24.9. The number of nitrogens with one attached hydrogen (secondary N) is 2. The van der Waals surface area contributed by atoms with Crippen molar-refractivity contribution in [1.82, 2.24) is 15.0 Å². The number of nitro groups is 1. The number of rotatable bonds is 7. The Bertz CT molecular complexity index is 1520. The number of morpholine rings is 1. The summed E-state index contributed by atoms with van der Waals surface area (Å²) in [5.74, 6) is -1.50. The smallest absolute Gasteiger partial charge is 0.416 e. The summed E-state index contributed by atoms with van der Waals surface area (Å²) < 4.78 is 44.7. The van der Waals surface area contributed by atoms with Crippen molar-refractivity contribution in [3.8, 4) is 0 Å². The number of halogens is 5. The molecule has 2 aromatic carbocycles. The van der Waals surface area contributed by atoms with Crippen LogP contribution in [0.15, 0.2) is 41.5 Å². The molecule has 15 nitrogen and oxygen atoms in total. The normalized spacial score (nSPS) is 12.7. The molecule has 4 rings (SSSR count). The lowest BCUT2D eigenvalue weighted by Gasteiger charge is -2.27. The van der Waals surface area contributed by atoms with Gasteiger partial charge in [0.2, 0.25) is 17.8 Å². The van der Waals surface area contributed by atoms with Crippen LogP contribution in [0.5, 0.6) is 0 Å². The third-order valence-corrected chi connectivity index (χ3v) is 5.62. The maximum absolute atomic E-state index is 13.1. The first-order valence-corrected chi connectivity index (χ1v) is 13.2. The van der Waals surface area contributed by atoms with E-state index in [0.717, 1.165) is 32.0 Å². The number of carboxylic acids is 2. The third kappa shape index (κ3) is 12.8. The highest BCUT2D eigenvalue weighted by Crippen LogP contribution is 2.32. The molecular formula is C25H25Cl2F3N8O7. The summed E-state index contributed by atoms with van der Waals surface area (Å²) in [7, 11) is 0. The van der Waals surface area contributed by atoms with Crippen molar-refractivity contribution in [1.29, 1.82) is 0 Å². The number of hydrogen-bond donors (Lipinski definition) is 4. The number of anilines is 4. The second-order valence-corrected chi connectivity index (χ2v) is 9.39. The van der Waals surface area contributed by atoms with Gasteiger partial charge in [-0.15, -0.1) is 0 Å². The van der Waals surface area contributed by atoms with Gasteiger partial charge in [-0.1, -0.05) is 29.3 Å². The SMILES string of the molecule is CC(=O)O.CC(=O)O.O=[N+]([O-])c1cc(C=NNc2nc(Nc3cccc(C(F)(F)F)c3)nc(N3CCOCC3)n2)c(Cl)cc1Cl. The van der Waals surface area contributed by atoms with E-state index in [4.69, 9.17) is 47.7 Å². The van der Waals surface area contributed by atoms with Crippen molar-refractivity contribution in [3.63, 3.8) is 0 Å². The van der Waals surface area contributed by atoms with E-state index in [1.54, 1.807) is 0 Å². The Kier molecular flexibility index (Phi) is 13.6. The fourth-order valence-corrected chi connectivity index (χ4v) is 3.73. The van der Waals surface area contributed by atoms with Crippen molar-refractivity contribution in [2.45, 2.75) is 20.0 Å².